The van der Waals surface area contributed by atoms with Gasteiger partial charge in [-0.25, -0.2) is 0 Å². The number of aliphatic imine (C=N–C) groups is 1. The minimum absolute atomic E-state index is 0.469. The van der Waals surface area contributed by atoms with Crippen molar-refractivity contribution in [3.63, 3.8) is 0 Å². The van der Waals surface area contributed by atoms with Gasteiger partial charge >= 0.3 is 0 Å². The van der Waals surface area contributed by atoms with Crippen molar-refractivity contribution in [3.05, 3.63) is 59.0 Å². The van der Waals surface area contributed by atoms with Crippen molar-refractivity contribution in [2.75, 3.05) is 0 Å². The molecule has 124 valence electrons. The first-order valence-corrected chi connectivity index (χ1v) is 8.79. The summed E-state index contributed by atoms with van der Waals surface area (Å²) >= 11 is 0. The molecule has 0 bridgehead atoms. The summed E-state index contributed by atoms with van der Waals surface area (Å²) in [4.78, 5) is 4.44. The lowest BCUT2D eigenvalue weighted by atomic mass is 9.87. The second-order valence-corrected chi connectivity index (χ2v) is 6.04. The molecule has 0 aromatic heterocycles. The maximum absolute atomic E-state index is 4.44. The van der Waals surface area contributed by atoms with E-state index in [4.69, 9.17) is 0 Å². The Morgan fingerprint density at radius 3 is 2.26 bits per heavy atom. The molecule has 0 fully saturated rings. The van der Waals surface area contributed by atoms with Gasteiger partial charge in [-0.3, -0.25) is 4.99 Å². The fourth-order valence-electron chi connectivity index (χ4n) is 3.04. The maximum Gasteiger partial charge on any atom is 0.0471 e. The predicted octanol–water partition coefficient (Wildman–Crippen LogP) is 6.74. The lowest BCUT2D eigenvalue weighted by Crippen LogP contribution is -2.06. The molecule has 0 saturated heterocycles. The molecule has 0 aliphatic heterocycles. The molecule has 1 aromatic carbocycles. The van der Waals surface area contributed by atoms with Gasteiger partial charge in [0.25, 0.3) is 0 Å². The SMILES string of the molecule is C=C=C(/C(CC)=C(\N=C)C(CC)CCCC)c1ccc(C)cc1. The van der Waals surface area contributed by atoms with Crippen LogP contribution in [0.25, 0.3) is 5.57 Å². The number of allylic oxidation sites excluding steroid dienone is 3. The highest BCUT2D eigenvalue weighted by molar-refractivity contribution is 5.79. The van der Waals surface area contributed by atoms with Crippen molar-refractivity contribution < 1.29 is 0 Å². The summed E-state index contributed by atoms with van der Waals surface area (Å²) in [6, 6.07) is 8.56. The Labute approximate surface area is 142 Å². The molecule has 0 amide bonds. The van der Waals surface area contributed by atoms with Crippen molar-refractivity contribution in [3.8, 4) is 0 Å². The highest BCUT2D eigenvalue weighted by atomic mass is 14.7. The van der Waals surface area contributed by atoms with Crippen LogP contribution in [0.1, 0.15) is 64.0 Å². The van der Waals surface area contributed by atoms with Crippen LogP contribution in [-0.2, 0) is 0 Å². The van der Waals surface area contributed by atoms with Crippen LogP contribution in [0.3, 0.4) is 0 Å². The second kappa shape index (κ2) is 10.0. The van der Waals surface area contributed by atoms with Crippen LogP contribution in [-0.4, -0.2) is 6.72 Å². The van der Waals surface area contributed by atoms with Gasteiger partial charge in [0.05, 0.1) is 0 Å². The monoisotopic (exact) mass is 309 g/mol. The molecule has 1 atom stereocenters. The predicted molar refractivity (Wildman–Crippen MR) is 104 cm³/mol. The molecule has 0 spiro atoms. The van der Waals surface area contributed by atoms with Gasteiger partial charge in [0.1, 0.15) is 0 Å². The van der Waals surface area contributed by atoms with Crippen LogP contribution in [0, 0.1) is 12.8 Å². The van der Waals surface area contributed by atoms with Crippen LogP contribution in [0.5, 0.6) is 0 Å². The zero-order chi connectivity index (χ0) is 17.2. The van der Waals surface area contributed by atoms with E-state index in [2.05, 4.69) is 76.0 Å². The van der Waals surface area contributed by atoms with Crippen molar-refractivity contribution in [2.45, 2.75) is 59.8 Å². The van der Waals surface area contributed by atoms with Gasteiger partial charge < -0.3 is 0 Å². The Kier molecular flexibility index (Phi) is 8.37. The van der Waals surface area contributed by atoms with Crippen molar-refractivity contribution in [1.82, 2.24) is 0 Å². The third kappa shape index (κ3) is 5.08. The quantitative estimate of drug-likeness (QED) is 0.272. The van der Waals surface area contributed by atoms with Crippen LogP contribution in [0.2, 0.25) is 0 Å². The van der Waals surface area contributed by atoms with Crippen molar-refractivity contribution in [2.24, 2.45) is 10.9 Å². The summed E-state index contributed by atoms with van der Waals surface area (Å²) in [7, 11) is 0. The normalized spacial score (nSPS) is 13.0. The van der Waals surface area contributed by atoms with E-state index >= 15 is 0 Å². The molecule has 1 nitrogen and oxygen atoms in total. The summed E-state index contributed by atoms with van der Waals surface area (Å²) in [5.74, 6) is 0.469. The number of hydrogen-bond acceptors (Lipinski definition) is 1. The number of benzene rings is 1. The first-order valence-electron chi connectivity index (χ1n) is 8.79. The van der Waals surface area contributed by atoms with Crippen LogP contribution in [0.15, 0.2) is 52.8 Å². The van der Waals surface area contributed by atoms with E-state index in [-0.39, 0.29) is 0 Å². The molecule has 0 aliphatic rings. The van der Waals surface area contributed by atoms with E-state index in [9.17, 15) is 0 Å². The first kappa shape index (κ1) is 19.2. The van der Waals surface area contributed by atoms with Gasteiger partial charge in [0, 0.05) is 17.2 Å². The molecule has 0 heterocycles. The topological polar surface area (TPSA) is 12.4 Å². The Morgan fingerprint density at radius 2 is 1.83 bits per heavy atom. The van der Waals surface area contributed by atoms with E-state index in [1.54, 1.807) is 0 Å². The van der Waals surface area contributed by atoms with E-state index in [1.165, 1.54) is 30.4 Å². The molecule has 1 heteroatoms. The average molecular weight is 309 g/mol. The summed E-state index contributed by atoms with van der Waals surface area (Å²) in [6.45, 7) is 16.6. The van der Waals surface area contributed by atoms with Gasteiger partial charge in [-0.15, -0.1) is 5.73 Å². The van der Waals surface area contributed by atoms with Gasteiger partial charge in [-0.05, 0) is 44.0 Å². The van der Waals surface area contributed by atoms with Crippen molar-refractivity contribution >= 4 is 12.3 Å². The van der Waals surface area contributed by atoms with Gasteiger partial charge in [0.2, 0.25) is 0 Å². The Bertz CT molecular complexity index is 583. The van der Waals surface area contributed by atoms with E-state index in [0.29, 0.717) is 5.92 Å². The van der Waals surface area contributed by atoms with Gasteiger partial charge in [-0.2, -0.15) is 0 Å². The molecule has 0 radical (unpaired) electrons. The van der Waals surface area contributed by atoms with E-state index in [1.807, 2.05) is 0 Å². The smallest absolute Gasteiger partial charge is 0.0471 e. The minimum Gasteiger partial charge on any atom is -0.268 e. The summed E-state index contributed by atoms with van der Waals surface area (Å²) in [5, 5.41) is 0. The zero-order valence-corrected chi connectivity index (χ0v) is 15.3. The van der Waals surface area contributed by atoms with Gasteiger partial charge in [-0.1, -0.05) is 70.0 Å². The lowest BCUT2D eigenvalue weighted by Gasteiger charge is -2.20. The fraction of sp³-hybridized carbons (Fsp3) is 0.455. The number of rotatable bonds is 9. The first-order chi connectivity index (χ1) is 11.1. The Balaban J connectivity index is 3.35. The fourth-order valence-corrected chi connectivity index (χ4v) is 3.04. The molecule has 0 aliphatic carbocycles. The van der Waals surface area contributed by atoms with Gasteiger partial charge in [0.15, 0.2) is 0 Å². The third-order valence-corrected chi connectivity index (χ3v) is 4.44. The molecule has 23 heavy (non-hydrogen) atoms. The highest BCUT2D eigenvalue weighted by Gasteiger charge is 2.18. The maximum atomic E-state index is 4.44. The molecule has 1 rings (SSSR count). The highest BCUT2D eigenvalue weighted by Crippen LogP contribution is 2.34. The minimum atomic E-state index is 0.469. The molecule has 1 aromatic rings. The Hall–Kier alpha value is -1.85. The van der Waals surface area contributed by atoms with Crippen molar-refractivity contribution in [1.29, 1.82) is 0 Å². The lowest BCUT2D eigenvalue weighted by molar-refractivity contribution is 0.508. The number of aryl methyl sites for hydroxylation is 1. The van der Waals surface area contributed by atoms with Crippen LogP contribution >= 0.6 is 0 Å². The van der Waals surface area contributed by atoms with Crippen LogP contribution < -0.4 is 0 Å². The molecular formula is C22H31N. The molecule has 0 N–H and O–H groups in total. The summed E-state index contributed by atoms with van der Waals surface area (Å²) in [5.41, 5.74) is 9.03. The number of hydrogen-bond donors (Lipinski definition) is 0. The summed E-state index contributed by atoms with van der Waals surface area (Å²) in [6.07, 6.45) is 5.62. The molecule has 1 unspecified atom stereocenters. The largest absolute Gasteiger partial charge is 0.268 e. The Morgan fingerprint density at radius 1 is 1.17 bits per heavy atom. The summed E-state index contributed by atoms with van der Waals surface area (Å²) < 4.78 is 0. The number of nitrogens with zero attached hydrogens (tertiary/aromatic N) is 1. The molecular weight excluding hydrogens is 278 g/mol. The number of unbranched alkanes of at least 4 members (excludes halogenated alkanes) is 1. The average Bonchev–Trinajstić information content (AvgIpc) is 2.58. The molecule has 0 saturated carbocycles. The second-order valence-electron chi connectivity index (χ2n) is 6.04. The zero-order valence-electron chi connectivity index (χ0n) is 15.3. The third-order valence-electron chi connectivity index (χ3n) is 4.44. The van der Waals surface area contributed by atoms with E-state index < -0.39 is 0 Å². The van der Waals surface area contributed by atoms with Crippen LogP contribution in [0.4, 0.5) is 0 Å². The van der Waals surface area contributed by atoms with E-state index in [0.717, 1.165) is 29.7 Å². The standard InChI is InChI=1S/C22H31N/c1-7-11-12-18(8-2)22(23-6)21(10-4)20(9-3)19-15-13-17(5)14-16-19/h13-16,18H,3,6-8,10-12H2,1-2,4-5H3/b22-21-.